The van der Waals surface area contributed by atoms with Gasteiger partial charge in [-0.1, -0.05) is 6.92 Å². The second-order valence-corrected chi connectivity index (χ2v) is 6.33. The molecule has 0 amide bonds. The van der Waals surface area contributed by atoms with E-state index in [1.807, 2.05) is 7.05 Å². The Balaban J connectivity index is 2.02. The molecule has 1 aliphatic carbocycles. The van der Waals surface area contributed by atoms with Gasteiger partial charge in [0.2, 0.25) is 0 Å². The Morgan fingerprint density at radius 3 is 2.71 bits per heavy atom. The van der Waals surface area contributed by atoms with Crippen molar-refractivity contribution in [3.63, 3.8) is 0 Å². The van der Waals surface area contributed by atoms with Gasteiger partial charge >= 0.3 is 0 Å². The lowest BCUT2D eigenvalue weighted by Gasteiger charge is -2.44. The Morgan fingerprint density at radius 2 is 2.18 bits per heavy atom. The molecular formula is C14H28N2O. The van der Waals surface area contributed by atoms with Crippen molar-refractivity contribution >= 4 is 0 Å². The summed E-state index contributed by atoms with van der Waals surface area (Å²) in [6.07, 6.45) is 6.11. The highest BCUT2D eigenvalue weighted by Crippen LogP contribution is 2.35. The van der Waals surface area contributed by atoms with Crippen molar-refractivity contribution in [3.8, 4) is 0 Å². The smallest absolute Gasteiger partial charge is 0.0613 e. The van der Waals surface area contributed by atoms with Gasteiger partial charge in [0.05, 0.1) is 6.61 Å². The molecule has 0 aromatic carbocycles. The van der Waals surface area contributed by atoms with Crippen LogP contribution in [0.1, 0.15) is 46.0 Å². The van der Waals surface area contributed by atoms with Gasteiger partial charge in [-0.3, -0.25) is 4.90 Å². The lowest BCUT2D eigenvalue weighted by Crippen LogP contribution is -2.55. The van der Waals surface area contributed by atoms with Crippen LogP contribution in [0, 0.1) is 5.92 Å². The summed E-state index contributed by atoms with van der Waals surface area (Å²) >= 11 is 0. The Morgan fingerprint density at radius 1 is 1.41 bits per heavy atom. The van der Waals surface area contributed by atoms with Gasteiger partial charge in [-0.2, -0.15) is 0 Å². The summed E-state index contributed by atoms with van der Waals surface area (Å²) in [7, 11) is 1.99. The maximum atomic E-state index is 9.64. The molecule has 1 saturated heterocycles. The van der Waals surface area contributed by atoms with E-state index in [-0.39, 0.29) is 12.1 Å². The van der Waals surface area contributed by atoms with Crippen LogP contribution in [-0.2, 0) is 0 Å². The first-order chi connectivity index (χ1) is 8.10. The molecule has 1 heterocycles. The van der Waals surface area contributed by atoms with Crippen molar-refractivity contribution in [2.45, 2.75) is 63.6 Å². The van der Waals surface area contributed by atoms with E-state index < -0.39 is 0 Å². The van der Waals surface area contributed by atoms with E-state index in [0.717, 1.165) is 24.8 Å². The predicted octanol–water partition coefficient (Wildman–Crippen LogP) is 1.61. The lowest BCUT2D eigenvalue weighted by molar-refractivity contribution is 0.0598. The number of likely N-dealkylation sites (N-methyl/N-ethyl adjacent to an activating group) is 1. The quantitative estimate of drug-likeness (QED) is 0.787. The van der Waals surface area contributed by atoms with E-state index in [1.54, 1.807) is 0 Å². The van der Waals surface area contributed by atoms with Crippen molar-refractivity contribution in [1.29, 1.82) is 0 Å². The number of hydrogen-bond donors (Lipinski definition) is 2. The molecule has 2 N–H and O–H groups in total. The van der Waals surface area contributed by atoms with Crippen LogP contribution in [0.15, 0.2) is 0 Å². The van der Waals surface area contributed by atoms with Crippen LogP contribution in [0.4, 0.5) is 0 Å². The van der Waals surface area contributed by atoms with Gasteiger partial charge in [0.1, 0.15) is 0 Å². The molecule has 0 bridgehead atoms. The summed E-state index contributed by atoms with van der Waals surface area (Å²) in [5.74, 6) is 0.838. The van der Waals surface area contributed by atoms with Crippen molar-refractivity contribution in [2.75, 3.05) is 20.2 Å². The number of hydrogen-bond acceptors (Lipinski definition) is 3. The van der Waals surface area contributed by atoms with E-state index in [9.17, 15) is 5.11 Å². The summed E-state index contributed by atoms with van der Waals surface area (Å²) in [5.41, 5.74) is -0.0194. The number of likely N-dealkylation sites (tertiary alicyclic amines) is 1. The Hall–Kier alpha value is -0.120. The molecule has 1 aliphatic heterocycles. The second kappa shape index (κ2) is 5.25. The Kier molecular flexibility index (Phi) is 4.11. The zero-order valence-electron chi connectivity index (χ0n) is 11.6. The van der Waals surface area contributed by atoms with Gasteiger partial charge in [-0.25, -0.2) is 0 Å². The van der Waals surface area contributed by atoms with Gasteiger partial charge in [0.15, 0.2) is 0 Å². The molecule has 2 aliphatic rings. The fraction of sp³-hybridized carbons (Fsp3) is 1.00. The molecule has 17 heavy (non-hydrogen) atoms. The van der Waals surface area contributed by atoms with Crippen LogP contribution in [0.2, 0.25) is 0 Å². The largest absolute Gasteiger partial charge is 0.394 e. The van der Waals surface area contributed by atoms with Crippen LogP contribution in [0.5, 0.6) is 0 Å². The molecule has 0 aromatic rings. The summed E-state index contributed by atoms with van der Waals surface area (Å²) in [5, 5.41) is 13.0. The maximum Gasteiger partial charge on any atom is 0.0613 e. The number of aliphatic hydroxyl groups is 1. The molecule has 4 unspecified atom stereocenters. The lowest BCUT2D eigenvalue weighted by atomic mass is 9.79. The molecule has 4 atom stereocenters. The van der Waals surface area contributed by atoms with Gasteiger partial charge in [-0.15, -0.1) is 0 Å². The average molecular weight is 240 g/mol. The summed E-state index contributed by atoms with van der Waals surface area (Å²) in [6.45, 7) is 6.24. The normalized spacial score (nSPS) is 44.1. The van der Waals surface area contributed by atoms with E-state index in [4.69, 9.17) is 0 Å². The fourth-order valence-corrected chi connectivity index (χ4v) is 3.91. The number of aliphatic hydroxyl groups excluding tert-OH is 1. The minimum atomic E-state index is -0.0194. The number of nitrogens with zero attached hydrogens (tertiary/aromatic N) is 1. The highest BCUT2D eigenvalue weighted by Gasteiger charge is 2.40. The van der Waals surface area contributed by atoms with Crippen LogP contribution in [0.3, 0.4) is 0 Å². The maximum absolute atomic E-state index is 9.64. The Labute approximate surface area is 106 Å². The summed E-state index contributed by atoms with van der Waals surface area (Å²) in [6, 6.07) is 1.39. The summed E-state index contributed by atoms with van der Waals surface area (Å²) < 4.78 is 0. The van der Waals surface area contributed by atoms with Crippen LogP contribution in [-0.4, -0.2) is 47.8 Å². The van der Waals surface area contributed by atoms with Crippen molar-refractivity contribution in [2.24, 2.45) is 5.92 Å². The van der Waals surface area contributed by atoms with Gasteiger partial charge < -0.3 is 10.4 Å². The fourth-order valence-electron chi connectivity index (χ4n) is 3.91. The van der Waals surface area contributed by atoms with E-state index in [0.29, 0.717) is 6.04 Å². The molecule has 0 spiro atoms. The van der Waals surface area contributed by atoms with Crippen LogP contribution < -0.4 is 5.32 Å². The number of nitrogens with one attached hydrogen (secondary N) is 1. The third-order valence-corrected chi connectivity index (χ3v) is 4.95. The van der Waals surface area contributed by atoms with Crippen LogP contribution >= 0.6 is 0 Å². The van der Waals surface area contributed by atoms with Gasteiger partial charge in [0.25, 0.3) is 0 Å². The van der Waals surface area contributed by atoms with Crippen LogP contribution in [0.25, 0.3) is 0 Å². The van der Waals surface area contributed by atoms with E-state index in [1.165, 1.54) is 25.8 Å². The van der Waals surface area contributed by atoms with E-state index >= 15 is 0 Å². The molecule has 3 nitrogen and oxygen atoms in total. The SMILES string of the molecule is CNC1(CO)CCCC(N2CC(C)CC2C)C1. The highest BCUT2D eigenvalue weighted by molar-refractivity contribution is 4.98. The predicted molar refractivity (Wildman–Crippen MR) is 71.1 cm³/mol. The Bertz CT molecular complexity index is 253. The minimum absolute atomic E-state index is 0.0194. The third kappa shape index (κ3) is 2.67. The monoisotopic (exact) mass is 240 g/mol. The van der Waals surface area contributed by atoms with Crippen molar-refractivity contribution in [1.82, 2.24) is 10.2 Å². The molecule has 0 radical (unpaired) electrons. The average Bonchev–Trinajstić information content (AvgIpc) is 2.68. The minimum Gasteiger partial charge on any atom is -0.394 e. The molecule has 100 valence electrons. The molecule has 0 aromatic heterocycles. The second-order valence-electron chi connectivity index (χ2n) is 6.33. The molecule has 1 saturated carbocycles. The standard InChI is InChI=1S/C14H28N2O/c1-11-7-12(2)16(9-11)13-5-4-6-14(8-13,10-17)15-3/h11-13,15,17H,4-10H2,1-3H3. The third-order valence-electron chi connectivity index (χ3n) is 4.95. The van der Waals surface area contributed by atoms with E-state index in [2.05, 4.69) is 24.1 Å². The first kappa shape index (κ1) is 13.3. The molecule has 2 rings (SSSR count). The van der Waals surface area contributed by atoms with Gasteiger partial charge in [-0.05, 0) is 52.0 Å². The topological polar surface area (TPSA) is 35.5 Å². The summed E-state index contributed by atoms with van der Waals surface area (Å²) in [4.78, 5) is 2.69. The van der Waals surface area contributed by atoms with Gasteiger partial charge in [0, 0.05) is 24.2 Å². The molecule has 2 fully saturated rings. The number of rotatable bonds is 3. The first-order valence-corrected chi connectivity index (χ1v) is 7.16. The highest BCUT2D eigenvalue weighted by atomic mass is 16.3. The van der Waals surface area contributed by atoms with Crippen molar-refractivity contribution in [3.05, 3.63) is 0 Å². The van der Waals surface area contributed by atoms with Crippen molar-refractivity contribution < 1.29 is 5.11 Å². The molecular weight excluding hydrogens is 212 g/mol. The zero-order valence-corrected chi connectivity index (χ0v) is 11.6. The first-order valence-electron chi connectivity index (χ1n) is 7.16. The zero-order chi connectivity index (χ0) is 12.5. The molecule has 3 heteroatoms.